The number of unbranched alkanes of at least 4 members (excludes halogenated alkanes) is 1. The van der Waals surface area contributed by atoms with Crippen LogP contribution in [-0.2, 0) is 0 Å². The summed E-state index contributed by atoms with van der Waals surface area (Å²) in [6.07, 6.45) is 1.76. The van der Waals surface area contributed by atoms with E-state index >= 15 is 0 Å². The fraction of sp³-hybridized carbons (Fsp3) is 0.381. The SMILES string of the molecule is NC(=O)c1ccc(OCCCCN2CCN(c3cccc(Cl)c3Cl)CC2)cc1[N+](=O)[O-]. The zero-order chi connectivity index (χ0) is 22.4. The normalized spacial score (nSPS) is 14.5. The van der Waals surface area contributed by atoms with E-state index in [0.29, 0.717) is 22.4 Å². The summed E-state index contributed by atoms with van der Waals surface area (Å²) in [5.74, 6) is -0.486. The number of benzene rings is 2. The van der Waals surface area contributed by atoms with E-state index in [1.54, 1.807) is 6.07 Å². The number of rotatable bonds is 9. The summed E-state index contributed by atoms with van der Waals surface area (Å²) in [4.78, 5) is 26.4. The van der Waals surface area contributed by atoms with Crippen molar-refractivity contribution in [3.8, 4) is 5.75 Å². The Hall–Kier alpha value is -2.55. The predicted octanol–water partition coefficient (Wildman–Crippen LogP) is 3.98. The number of nitro groups is 1. The van der Waals surface area contributed by atoms with Crippen molar-refractivity contribution in [2.45, 2.75) is 12.8 Å². The van der Waals surface area contributed by atoms with Crippen molar-refractivity contribution >= 4 is 40.5 Å². The first-order valence-electron chi connectivity index (χ1n) is 9.99. The number of halogens is 2. The van der Waals surface area contributed by atoms with Crippen LogP contribution in [0.4, 0.5) is 11.4 Å². The lowest BCUT2D eigenvalue weighted by molar-refractivity contribution is -0.385. The molecule has 31 heavy (non-hydrogen) atoms. The molecule has 2 aromatic rings. The van der Waals surface area contributed by atoms with Gasteiger partial charge in [-0.25, -0.2) is 0 Å². The molecule has 2 N–H and O–H groups in total. The maximum absolute atomic E-state index is 11.3. The van der Waals surface area contributed by atoms with Gasteiger partial charge in [-0.3, -0.25) is 19.8 Å². The van der Waals surface area contributed by atoms with Crippen LogP contribution in [-0.4, -0.2) is 55.1 Å². The second-order valence-corrected chi connectivity index (χ2v) is 8.04. The third-order valence-corrected chi connectivity index (χ3v) is 6.02. The van der Waals surface area contributed by atoms with Crippen molar-refractivity contribution in [3.05, 3.63) is 62.1 Å². The first-order chi connectivity index (χ1) is 14.9. The van der Waals surface area contributed by atoms with E-state index in [4.69, 9.17) is 33.7 Å². The van der Waals surface area contributed by atoms with Gasteiger partial charge in [-0.15, -0.1) is 0 Å². The Bertz CT molecular complexity index is 949. The lowest BCUT2D eigenvalue weighted by Crippen LogP contribution is -2.46. The summed E-state index contributed by atoms with van der Waals surface area (Å²) in [5.41, 5.74) is 5.66. The molecular formula is C21H24Cl2N4O4. The molecule has 8 nitrogen and oxygen atoms in total. The van der Waals surface area contributed by atoms with E-state index < -0.39 is 10.8 Å². The minimum Gasteiger partial charge on any atom is -0.493 e. The van der Waals surface area contributed by atoms with E-state index in [9.17, 15) is 14.9 Å². The van der Waals surface area contributed by atoms with Crippen LogP contribution < -0.4 is 15.4 Å². The van der Waals surface area contributed by atoms with E-state index in [1.165, 1.54) is 18.2 Å². The van der Waals surface area contributed by atoms with Gasteiger partial charge in [0.2, 0.25) is 0 Å². The number of hydrogen-bond donors (Lipinski definition) is 1. The van der Waals surface area contributed by atoms with Crippen LogP contribution >= 0.6 is 23.2 Å². The number of nitrogens with two attached hydrogens (primary N) is 1. The highest BCUT2D eigenvalue weighted by Gasteiger charge is 2.20. The van der Waals surface area contributed by atoms with Gasteiger partial charge in [0.1, 0.15) is 11.3 Å². The highest BCUT2D eigenvalue weighted by Crippen LogP contribution is 2.33. The van der Waals surface area contributed by atoms with E-state index in [-0.39, 0.29) is 11.3 Å². The molecule has 1 amide bonds. The molecule has 166 valence electrons. The number of amides is 1. The van der Waals surface area contributed by atoms with Crippen LogP contribution in [0.1, 0.15) is 23.2 Å². The number of carbonyl (C=O) groups is 1. The Morgan fingerprint density at radius 2 is 1.87 bits per heavy atom. The maximum atomic E-state index is 11.3. The highest BCUT2D eigenvalue weighted by molar-refractivity contribution is 6.43. The molecule has 0 atom stereocenters. The van der Waals surface area contributed by atoms with Crippen LogP contribution in [0.15, 0.2) is 36.4 Å². The molecule has 0 radical (unpaired) electrons. The molecule has 2 aromatic carbocycles. The number of nitrogens with zero attached hydrogens (tertiary/aromatic N) is 3. The van der Waals surface area contributed by atoms with E-state index in [0.717, 1.165) is 51.3 Å². The molecule has 0 spiro atoms. The molecule has 1 aliphatic rings. The second kappa shape index (κ2) is 10.7. The Balaban J connectivity index is 1.39. The van der Waals surface area contributed by atoms with Gasteiger partial charge in [0, 0.05) is 26.2 Å². The van der Waals surface area contributed by atoms with Gasteiger partial charge >= 0.3 is 0 Å². The molecule has 0 bridgehead atoms. The van der Waals surface area contributed by atoms with Gasteiger partial charge in [-0.2, -0.15) is 0 Å². The smallest absolute Gasteiger partial charge is 0.285 e. The summed E-state index contributed by atoms with van der Waals surface area (Å²) in [6.45, 7) is 5.01. The first kappa shape index (κ1) is 23.1. The zero-order valence-corrected chi connectivity index (χ0v) is 18.4. The van der Waals surface area contributed by atoms with Crippen LogP contribution in [0, 0.1) is 10.1 Å². The van der Waals surface area contributed by atoms with Crippen molar-refractivity contribution < 1.29 is 14.5 Å². The first-order valence-corrected chi connectivity index (χ1v) is 10.7. The van der Waals surface area contributed by atoms with Crippen molar-refractivity contribution in [2.75, 3.05) is 44.2 Å². The summed E-state index contributed by atoms with van der Waals surface area (Å²) < 4.78 is 5.61. The van der Waals surface area contributed by atoms with E-state index in [1.807, 2.05) is 12.1 Å². The van der Waals surface area contributed by atoms with Crippen LogP contribution in [0.2, 0.25) is 10.0 Å². The van der Waals surface area contributed by atoms with Gasteiger partial charge in [-0.1, -0.05) is 29.3 Å². The summed E-state index contributed by atoms with van der Waals surface area (Å²) >= 11 is 12.4. The van der Waals surface area contributed by atoms with Crippen LogP contribution in [0.5, 0.6) is 5.75 Å². The summed E-state index contributed by atoms with van der Waals surface area (Å²) in [5, 5.41) is 12.3. The third kappa shape index (κ3) is 6.00. The van der Waals surface area contributed by atoms with Gasteiger partial charge in [-0.05, 0) is 43.7 Å². The molecule has 0 unspecified atom stereocenters. The van der Waals surface area contributed by atoms with Gasteiger partial charge < -0.3 is 15.4 Å². The average Bonchev–Trinajstić information content (AvgIpc) is 2.75. The fourth-order valence-electron chi connectivity index (χ4n) is 3.54. The predicted molar refractivity (Wildman–Crippen MR) is 121 cm³/mol. The second-order valence-electron chi connectivity index (χ2n) is 7.26. The Morgan fingerprint density at radius 3 is 2.55 bits per heavy atom. The maximum Gasteiger partial charge on any atom is 0.285 e. The summed E-state index contributed by atoms with van der Waals surface area (Å²) in [6, 6.07) is 9.76. The quantitative estimate of drug-likeness (QED) is 0.340. The molecule has 3 rings (SSSR count). The lowest BCUT2D eigenvalue weighted by Gasteiger charge is -2.36. The van der Waals surface area contributed by atoms with Crippen molar-refractivity contribution in [2.24, 2.45) is 5.73 Å². The molecule has 1 saturated heterocycles. The largest absolute Gasteiger partial charge is 0.493 e. The molecule has 10 heteroatoms. The van der Waals surface area contributed by atoms with Crippen molar-refractivity contribution in [1.29, 1.82) is 0 Å². The Labute approximate surface area is 190 Å². The fourth-order valence-corrected chi connectivity index (χ4v) is 3.95. The molecular weight excluding hydrogens is 443 g/mol. The number of anilines is 1. The topological polar surface area (TPSA) is 102 Å². The molecule has 1 aliphatic heterocycles. The molecule has 1 heterocycles. The number of nitro benzene ring substituents is 1. The standard InChI is InChI=1S/C21H24Cl2N4O4/c22-17-4-3-5-18(20(17)23)26-11-9-25(10-12-26)8-1-2-13-31-15-6-7-16(21(24)28)19(14-15)27(29)30/h3-7,14H,1-2,8-13H2,(H2,24,28). The lowest BCUT2D eigenvalue weighted by atomic mass is 10.1. The third-order valence-electron chi connectivity index (χ3n) is 5.21. The van der Waals surface area contributed by atoms with Gasteiger partial charge in [0.25, 0.3) is 11.6 Å². The monoisotopic (exact) mass is 466 g/mol. The zero-order valence-electron chi connectivity index (χ0n) is 16.9. The highest BCUT2D eigenvalue weighted by atomic mass is 35.5. The van der Waals surface area contributed by atoms with Crippen LogP contribution in [0.3, 0.4) is 0 Å². The van der Waals surface area contributed by atoms with Gasteiger partial charge in [0.15, 0.2) is 0 Å². The minimum atomic E-state index is -0.837. The van der Waals surface area contributed by atoms with Crippen molar-refractivity contribution in [1.82, 2.24) is 4.90 Å². The van der Waals surface area contributed by atoms with Crippen molar-refractivity contribution in [3.63, 3.8) is 0 Å². The summed E-state index contributed by atoms with van der Waals surface area (Å²) in [7, 11) is 0. The molecule has 0 aromatic heterocycles. The van der Waals surface area contributed by atoms with E-state index in [2.05, 4.69) is 9.80 Å². The number of ether oxygens (including phenoxy) is 1. The van der Waals surface area contributed by atoms with Crippen LogP contribution in [0.25, 0.3) is 0 Å². The Morgan fingerprint density at radius 1 is 1.13 bits per heavy atom. The molecule has 0 aliphatic carbocycles. The number of primary amides is 1. The number of carbonyl (C=O) groups excluding carboxylic acids is 1. The number of hydrogen-bond acceptors (Lipinski definition) is 6. The minimum absolute atomic E-state index is 0.129. The molecule has 0 saturated carbocycles. The molecule has 1 fully saturated rings. The number of piperazine rings is 1. The average molecular weight is 467 g/mol. The van der Waals surface area contributed by atoms with Gasteiger partial charge in [0.05, 0.1) is 33.3 Å². The Kier molecular flexibility index (Phi) is 7.95.